The first kappa shape index (κ1) is 18.3. The molecule has 0 spiro atoms. The zero-order valence-electron chi connectivity index (χ0n) is 14.9. The van der Waals surface area contributed by atoms with Crippen molar-refractivity contribution in [3.05, 3.63) is 59.1 Å². The van der Waals surface area contributed by atoms with E-state index in [0.29, 0.717) is 18.1 Å². The quantitative estimate of drug-likeness (QED) is 0.878. The van der Waals surface area contributed by atoms with Crippen molar-refractivity contribution in [2.24, 2.45) is 5.92 Å². The fourth-order valence-electron chi connectivity index (χ4n) is 3.03. The summed E-state index contributed by atoms with van der Waals surface area (Å²) in [4.78, 5) is 28.4. The molecule has 0 radical (unpaired) electrons. The van der Waals surface area contributed by atoms with Gasteiger partial charge in [0.1, 0.15) is 0 Å². The van der Waals surface area contributed by atoms with Crippen LogP contribution < -0.4 is 15.1 Å². The zero-order valence-corrected chi connectivity index (χ0v) is 15.7. The van der Waals surface area contributed by atoms with E-state index in [0.717, 1.165) is 16.9 Å². The van der Waals surface area contributed by atoms with E-state index in [-0.39, 0.29) is 24.2 Å². The van der Waals surface area contributed by atoms with E-state index in [1.165, 1.54) is 0 Å². The second kappa shape index (κ2) is 7.79. The first-order valence-corrected chi connectivity index (χ1v) is 8.92. The Bertz CT molecular complexity index is 805. The standard InChI is InChI=1S/C20H22ClN3O2/c1-23(2)18-5-3-4-14(10-18)12-22-20(26)15-11-19(25)24(13-15)17-8-6-16(21)7-9-17/h3-10,15H,11-13H2,1-2H3,(H,22,26). The van der Waals surface area contributed by atoms with Crippen LogP contribution in [-0.2, 0) is 16.1 Å². The minimum absolute atomic E-state index is 0.0397. The highest BCUT2D eigenvalue weighted by atomic mass is 35.5. The van der Waals surface area contributed by atoms with Crippen molar-refractivity contribution in [2.75, 3.05) is 30.4 Å². The lowest BCUT2D eigenvalue weighted by molar-refractivity contribution is -0.126. The molecule has 26 heavy (non-hydrogen) atoms. The molecule has 1 N–H and O–H groups in total. The van der Waals surface area contributed by atoms with Gasteiger partial charge in [0.15, 0.2) is 0 Å². The first-order chi connectivity index (χ1) is 12.4. The molecule has 0 aliphatic carbocycles. The minimum atomic E-state index is -0.338. The number of nitrogens with zero attached hydrogens (tertiary/aromatic N) is 2. The van der Waals surface area contributed by atoms with Crippen molar-refractivity contribution in [3.63, 3.8) is 0 Å². The smallest absolute Gasteiger partial charge is 0.227 e. The Kier molecular flexibility index (Phi) is 5.47. The maximum absolute atomic E-state index is 12.5. The van der Waals surface area contributed by atoms with Gasteiger partial charge in [0.25, 0.3) is 0 Å². The monoisotopic (exact) mass is 371 g/mol. The second-order valence-electron chi connectivity index (χ2n) is 6.66. The van der Waals surface area contributed by atoms with Crippen LogP contribution in [0.15, 0.2) is 48.5 Å². The Labute approximate surface area is 158 Å². The van der Waals surface area contributed by atoms with Gasteiger partial charge < -0.3 is 15.1 Å². The molecule has 2 aromatic rings. The lowest BCUT2D eigenvalue weighted by Crippen LogP contribution is -2.32. The molecule has 6 heteroatoms. The van der Waals surface area contributed by atoms with Gasteiger partial charge >= 0.3 is 0 Å². The molecule has 1 heterocycles. The SMILES string of the molecule is CN(C)c1cccc(CNC(=O)C2CC(=O)N(c3ccc(Cl)cc3)C2)c1. The van der Waals surface area contributed by atoms with Gasteiger partial charge in [0.05, 0.1) is 5.92 Å². The van der Waals surface area contributed by atoms with Crippen LogP contribution >= 0.6 is 11.6 Å². The molecule has 1 aliphatic rings. The lowest BCUT2D eigenvalue weighted by Gasteiger charge is -2.17. The fraction of sp³-hybridized carbons (Fsp3) is 0.300. The van der Waals surface area contributed by atoms with E-state index in [4.69, 9.17) is 11.6 Å². The highest BCUT2D eigenvalue weighted by Gasteiger charge is 2.34. The molecule has 1 aliphatic heterocycles. The van der Waals surface area contributed by atoms with Gasteiger partial charge in [-0.3, -0.25) is 9.59 Å². The summed E-state index contributed by atoms with van der Waals surface area (Å²) in [6, 6.07) is 15.1. The molecule has 1 atom stereocenters. The lowest BCUT2D eigenvalue weighted by atomic mass is 10.1. The van der Waals surface area contributed by atoms with Crippen molar-refractivity contribution in [3.8, 4) is 0 Å². The van der Waals surface area contributed by atoms with E-state index in [9.17, 15) is 9.59 Å². The van der Waals surface area contributed by atoms with Crippen molar-refractivity contribution < 1.29 is 9.59 Å². The molecule has 3 rings (SSSR count). The zero-order chi connectivity index (χ0) is 18.7. The predicted molar refractivity (Wildman–Crippen MR) is 105 cm³/mol. The summed E-state index contributed by atoms with van der Waals surface area (Å²) in [5.41, 5.74) is 2.89. The molecule has 0 aromatic heterocycles. The number of hydrogen-bond donors (Lipinski definition) is 1. The van der Waals surface area contributed by atoms with E-state index >= 15 is 0 Å². The number of carbonyl (C=O) groups is 2. The van der Waals surface area contributed by atoms with Crippen LogP contribution in [0.3, 0.4) is 0 Å². The third kappa shape index (κ3) is 4.17. The molecule has 0 bridgehead atoms. The number of benzene rings is 2. The molecular weight excluding hydrogens is 350 g/mol. The topological polar surface area (TPSA) is 52.7 Å². The van der Waals surface area contributed by atoms with E-state index in [1.54, 1.807) is 29.2 Å². The maximum Gasteiger partial charge on any atom is 0.227 e. The summed E-state index contributed by atoms with van der Waals surface area (Å²) >= 11 is 5.89. The van der Waals surface area contributed by atoms with Crippen molar-refractivity contribution in [1.82, 2.24) is 5.32 Å². The Hall–Kier alpha value is -2.53. The normalized spacial score (nSPS) is 16.7. The van der Waals surface area contributed by atoms with Gasteiger partial charge in [-0.2, -0.15) is 0 Å². The summed E-state index contributed by atoms with van der Waals surface area (Å²) < 4.78 is 0. The highest BCUT2D eigenvalue weighted by Crippen LogP contribution is 2.26. The van der Waals surface area contributed by atoms with Gasteiger partial charge in [-0.25, -0.2) is 0 Å². The molecule has 0 saturated carbocycles. The Morgan fingerprint density at radius 1 is 1.23 bits per heavy atom. The molecule has 1 saturated heterocycles. The van der Waals surface area contributed by atoms with Gasteiger partial charge in [-0.1, -0.05) is 23.7 Å². The van der Waals surface area contributed by atoms with Gasteiger partial charge in [-0.05, 0) is 42.0 Å². The van der Waals surface area contributed by atoms with E-state index in [2.05, 4.69) is 5.32 Å². The molecular formula is C20H22ClN3O2. The summed E-state index contributed by atoms with van der Waals surface area (Å²) in [7, 11) is 3.96. The molecule has 5 nitrogen and oxygen atoms in total. The Morgan fingerprint density at radius 2 is 1.96 bits per heavy atom. The number of amides is 2. The number of carbonyl (C=O) groups excluding carboxylic acids is 2. The van der Waals surface area contributed by atoms with Gasteiger partial charge in [0.2, 0.25) is 11.8 Å². The van der Waals surface area contributed by atoms with Crippen molar-refractivity contribution >= 4 is 34.8 Å². The van der Waals surface area contributed by atoms with Crippen LogP contribution in [-0.4, -0.2) is 32.5 Å². The number of anilines is 2. The van der Waals surface area contributed by atoms with Crippen molar-refractivity contribution in [2.45, 2.75) is 13.0 Å². The largest absolute Gasteiger partial charge is 0.378 e. The maximum atomic E-state index is 12.5. The Balaban J connectivity index is 1.60. The van der Waals surface area contributed by atoms with Crippen LogP contribution in [0.1, 0.15) is 12.0 Å². The van der Waals surface area contributed by atoms with Gasteiger partial charge in [0, 0.05) is 50.0 Å². The van der Waals surface area contributed by atoms with Crippen LogP contribution in [0, 0.1) is 5.92 Å². The van der Waals surface area contributed by atoms with Crippen LogP contribution in [0.2, 0.25) is 5.02 Å². The summed E-state index contributed by atoms with van der Waals surface area (Å²) in [5, 5.41) is 3.57. The number of rotatable bonds is 5. The predicted octanol–water partition coefficient (Wildman–Crippen LogP) is 3.08. The number of halogens is 1. The van der Waals surface area contributed by atoms with Crippen LogP contribution in [0.4, 0.5) is 11.4 Å². The highest BCUT2D eigenvalue weighted by molar-refractivity contribution is 6.30. The van der Waals surface area contributed by atoms with E-state index in [1.807, 2.05) is 43.3 Å². The summed E-state index contributed by atoms with van der Waals surface area (Å²) in [5.74, 6) is -0.470. The average Bonchev–Trinajstić information content (AvgIpc) is 3.02. The third-order valence-corrected chi connectivity index (χ3v) is 4.78. The van der Waals surface area contributed by atoms with E-state index < -0.39 is 0 Å². The Morgan fingerprint density at radius 3 is 2.65 bits per heavy atom. The average molecular weight is 372 g/mol. The number of nitrogens with one attached hydrogen (secondary N) is 1. The first-order valence-electron chi connectivity index (χ1n) is 8.54. The van der Waals surface area contributed by atoms with Crippen molar-refractivity contribution in [1.29, 1.82) is 0 Å². The molecule has 1 fully saturated rings. The summed E-state index contributed by atoms with van der Waals surface area (Å²) in [6.07, 6.45) is 0.228. The minimum Gasteiger partial charge on any atom is -0.378 e. The molecule has 1 unspecified atom stereocenters. The second-order valence-corrected chi connectivity index (χ2v) is 7.10. The van der Waals surface area contributed by atoms with Crippen LogP contribution in [0.5, 0.6) is 0 Å². The molecule has 2 aromatic carbocycles. The molecule has 136 valence electrons. The summed E-state index contributed by atoms with van der Waals surface area (Å²) in [6.45, 7) is 0.843. The third-order valence-electron chi connectivity index (χ3n) is 4.53. The number of hydrogen-bond acceptors (Lipinski definition) is 3. The van der Waals surface area contributed by atoms with Gasteiger partial charge in [-0.15, -0.1) is 0 Å². The molecule has 2 amide bonds. The van der Waals surface area contributed by atoms with Crippen LogP contribution in [0.25, 0.3) is 0 Å². The fourth-order valence-corrected chi connectivity index (χ4v) is 3.16.